The van der Waals surface area contributed by atoms with Gasteiger partial charge in [-0.3, -0.25) is 9.78 Å². The molecule has 3 rings (SSSR count). The summed E-state index contributed by atoms with van der Waals surface area (Å²) in [6, 6.07) is 3.34. The van der Waals surface area contributed by atoms with E-state index in [1.54, 1.807) is 19.1 Å². The molecule has 0 amide bonds. The summed E-state index contributed by atoms with van der Waals surface area (Å²) in [5.74, 6) is -0.113. The summed E-state index contributed by atoms with van der Waals surface area (Å²) in [5.41, 5.74) is 0.368. The Kier molecular flexibility index (Phi) is 6.43. The number of aromatic nitrogens is 4. The number of aromatic amines is 1. The first-order valence-corrected chi connectivity index (χ1v) is 9.21. The van der Waals surface area contributed by atoms with Crippen molar-refractivity contribution in [2.75, 3.05) is 25.1 Å². The second-order valence-electron chi connectivity index (χ2n) is 6.88. The molecule has 0 aliphatic carbocycles. The number of fused-ring (bicyclic) bond motifs is 2. The highest BCUT2D eigenvalue weighted by Gasteiger charge is 2.27. The van der Waals surface area contributed by atoms with Crippen molar-refractivity contribution in [1.29, 1.82) is 0 Å². The lowest BCUT2D eigenvalue weighted by molar-refractivity contribution is -0.0802. The Labute approximate surface area is 169 Å². The third kappa shape index (κ3) is 4.17. The van der Waals surface area contributed by atoms with E-state index in [2.05, 4.69) is 15.3 Å². The summed E-state index contributed by atoms with van der Waals surface area (Å²) in [7, 11) is 0. The zero-order valence-electron chi connectivity index (χ0n) is 16.1. The normalized spacial score (nSPS) is 14.7. The number of nitrogens with one attached hydrogen (secondary N) is 2. The van der Waals surface area contributed by atoms with Crippen molar-refractivity contribution in [2.24, 2.45) is 0 Å². The number of hydrogen-bond acceptors (Lipinski definition) is 10. The van der Waals surface area contributed by atoms with Gasteiger partial charge in [-0.15, -0.1) is 0 Å². The van der Waals surface area contributed by atoms with Gasteiger partial charge in [-0.25, -0.2) is 9.78 Å². The molecule has 0 aromatic heterocycles. The second-order valence-corrected chi connectivity index (χ2v) is 6.88. The Hall–Kier alpha value is -2.90. The lowest BCUT2D eigenvalue weighted by atomic mass is 10.1. The molecule has 0 fully saturated rings. The summed E-state index contributed by atoms with van der Waals surface area (Å²) in [4.78, 5) is 34.2. The number of rotatable bonds is 8. The minimum absolute atomic E-state index is 0.103. The number of hydrogen-bond donors (Lipinski definition) is 7. The van der Waals surface area contributed by atoms with Crippen molar-refractivity contribution in [3.8, 4) is 11.5 Å². The predicted molar refractivity (Wildman–Crippen MR) is 106 cm³/mol. The molecule has 0 saturated carbocycles. The summed E-state index contributed by atoms with van der Waals surface area (Å²) < 4.78 is 1.34. The van der Waals surface area contributed by atoms with Crippen LogP contribution in [0.3, 0.4) is 0 Å². The average Bonchev–Trinajstić information content (AvgIpc) is 2.71. The predicted octanol–water partition coefficient (Wildman–Crippen LogP) is -2.63. The molecule has 2 aliphatic rings. The first-order chi connectivity index (χ1) is 14.3. The van der Waals surface area contributed by atoms with Crippen LogP contribution in [0.5, 0.6) is 0 Å². The van der Waals surface area contributed by atoms with Gasteiger partial charge in [0.15, 0.2) is 11.5 Å². The number of anilines is 1. The maximum Gasteiger partial charge on any atom is 0.349 e. The van der Waals surface area contributed by atoms with Gasteiger partial charge in [-0.1, -0.05) is 0 Å². The summed E-state index contributed by atoms with van der Waals surface area (Å²) >= 11 is 0. The smallest absolute Gasteiger partial charge is 0.349 e. The standard InChI is InChI=1S/C18H23N5O7/c1-8-4-10-11(5-9(8)19-2-3-24)23(6-12(26)15(28)13(27)7-25)16-14(20-10)17(29)22-18(30)21-16/h4-5,12-13,15,19,24-28H,2-3,6-7H2,1H3,(H,22,29,30)/t12-,13+,15-/m0/s1. The summed E-state index contributed by atoms with van der Waals surface area (Å²) in [6.45, 7) is 0.854. The van der Waals surface area contributed by atoms with Crippen molar-refractivity contribution in [3.63, 3.8) is 0 Å². The van der Waals surface area contributed by atoms with Gasteiger partial charge >= 0.3 is 5.69 Å². The van der Waals surface area contributed by atoms with Gasteiger partial charge < -0.3 is 35.4 Å². The largest absolute Gasteiger partial charge is 0.395 e. The quantitative estimate of drug-likeness (QED) is 0.189. The van der Waals surface area contributed by atoms with Crippen LogP contribution in [0.25, 0.3) is 22.6 Å². The Morgan fingerprint density at radius 3 is 2.53 bits per heavy atom. The second kappa shape index (κ2) is 8.85. The van der Waals surface area contributed by atoms with Gasteiger partial charge in [0, 0.05) is 12.2 Å². The highest BCUT2D eigenvalue weighted by Crippen LogP contribution is 2.27. The fraction of sp³-hybridized carbons (Fsp3) is 0.444. The zero-order chi connectivity index (χ0) is 22.0. The van der Waals surface area contributed by atoms with Gasteiger partial charge in [0.1, 0.15) is 18.3 Å². The Morgan fingerprint density at radius 1 is 1.13 bits per heavy atom. The number of aryl methyl sites for hydroxylation is 1. The fourth-order valence-electron chi connectivity index (χ4n) is 3.17. The lowest BCUT2D eigenvalue weighted by Gasteiger charge is -2.25. The average molecular weight is 421 g/mol. The highest BCUT2D eigenvalue weighted by molar-refractivity contribution is 5.84. The lowest BCUT2D eigenvalue weighted by Crippen LogP contribution is -2.42. The molecule has 12 nitrogen and oxygen atoms in total. The minimum Gasteiger partial charge on any atom is -0.395 e. The highest BCUT2D eigenvalue weighted by atomic mass is 16.4. The molecule has 162 valence electrons. The van der Waals surface area contributed by atoms with E-state index in [4.69, 9.17) is 10.2 Å². The number of aliphatic hydroxyl groups excluding tert-OH is 5. The van der Waals surface area contributed by atoms with E-state index in [0.717, 1.165) is 5.56 Å². The first kappa shape index (κ1) is 21.8. The molecule has 0 unspecified atom stereocenters. The Morgan fingerprint density at radius 2 is 1.87 bits per heavy atom. The minimum atomic E-state index is -1.69. The third-order valence-electron chi connectivity index (χ3n) is 4.73. The van der Waals surface area contributed by atoms with Crippen LogP contribution in [0.1, 0.15) is 5.56 Å². The van der Waals surface area contributed by atoms with Crippen LogP contribution < -0.4 is 16.6 Å². The summed E-state index contributed by atoms with van der Waals surface area (Å²) in [5, 5.41) is 51.2. The van der Waals surface area contributed by atoms with Crippen LogP contribution in [0.15, 0.2) is 21.7 Å². The fourth-order valence-corrected chi connectivity index (χ4v) is 3.17. The van der Waals surface area contributed by atoms with E-state index in [1.807, 2.05) is 4.98 Å². The Balaban J connectivity index is 2.25. The van der Waals surface area contributed by atoms with Gasteiger partial charge in [-0.2, -0.15) is 4.98 Å². The topological polar surface area (TPSA) is 194 Å². The zero-order valence-corrected chi connectivity index (χ0v) is 16.1. The van der Waals surface area contributed by atoms with Gasteiger partial charge in [0.25, 0.3) is 5.56 Å². The van der Waals surface area contributed by atoms with Crippen molar-refractivity contribution in [1.82, 2.24) is 19.5 Å². The SMILES string of the molecule is Cc1cc2nc3c(=O)[nH]c(=O)nc-3n(C[C@H](O)[C@H](O)[C@H](O)CO)c2cc1NCCO. The molecular weight excluding hydrogens is 398 g/mol. The van der Waals surface area contributed by atoms with Crippen molar-refractivity contribution in [2.45, 2.75) is 31.8 Å². The van der Waals surface area contributed by atoms with E-state index in [9.17, 15) is 24.9 Å². The molecule has 7 N–H and O–H groups in total. The van der Waals surface area contributed by atoms with Crippen LogP contribution in [0.4, 0.5) is 5.69 Å². The van der Waals surface area contributed by atoms with Crippen molar-refractivity contribution < 1.29 is 25.5 Å². The van der Waals surface area contributed by atoms with Crippen LogP contribution in [-0.4, -0.2) is 83.1 Å². The molecule has 3 atom stereocenters. The van der Waals surface area contributed by atoms with Gasteiger partial charge in [0.05, 0.1) is 30.8 Å². The molecule has 1 aromatic rings. The number of aliphatic hydroxyl groups is 5. The van der Waals surface area contributed by atoms with Crippen LogP contribution in [0, 0.1) is 6.92 Å². The number of nitrogens with zero attached hydrogens (tertiary/aromatic N) is 3. The maximum atomic E-state index is 12.3. The van der Waals surface area contributed by atoms with E-state index < -0.39 is 36.2 Å². The Bertz CT molecular complexity index is 1130. The molecule has 2 heterocycles. The molecule has 0 spiro atoms. The van der Waals surface area contributed by atoms with Gasteiger partial charge in [-0.05, 0) is 24.6 Å². The van der Waals surface area contributed by atoms with E-state index >= 15 is 0 Å². The number of H-pyrrole nitrogens is 1. The molecular formula is C18H23N5O7. The monoisotopic (exact) mass is 421 g/mol. The first-order valence-electron chi connectivity index (χ1n) is 9.21. The molecule has 30 heavy (non-hydrogen) atoms. The molecule has 0 bridgehead atoms. The van der Waals surface area contributed by atoms with Crippen LogP contribution in [0.2, 0.25) is 0 Å². The third-order valence-corrected chi connectivity index (χ3v) is 4.73. The molecule has 0 radical (unpaired) electrons. The van der Waals surface area contributed by atoms with Gasteiger partial charge in [0.2, 0.25) is 0 Å². The molecule has 0 saturated heterocycles. The molecule has 1 aromatic carbocycles. The van der Waals surface area contributed by atoms with Crippen molar-refractivity contribution in [3.05, 3.63) is 38.5 Å². The van der Waals surface area contributed by atoms with Crippen molar-refractivity contribution >= 4 is 16.7 Å². The number of benzene rings is 1. The van der Waals surface area contributed by atoms with E-state index in [0.29, 0.717) is 16.7 Å². The molecule has 12 heteroatoms. The van der Waals surface area contributed by atoms with Crippen LogP contribution in [-0.2, 0) is 6.54 Å². The van der Waals surface area contributed by atoms with E-state index in [-0.39, 0.29) is 31.2 Å². The van der Waals surface area contributed by atoms with E-state index in [1.165, 1.54) is 4.57 Å². The maximum absolute atomic E-state index is 12.3. The van der Waals surface area contributed by atoms with Crippen LogP contribution >= 0.6 is 0 Å². The molecule has 2 aliphatic heterocycles. The summed E-state index contributed by atoms with van der Waals surface area (Å²) in [6.07, 6.45) is -4.83.